The van der Waals surface area contributed by atoms with Gasteiger partial charge in [-0.1, -0.05) is 17.7 Å². The van der Waals surface area contributed by atoms with Crippen molar-refractivity contribution in [2.45, 2.75) is 39.3 Å². The summed E-state index contributed by atoms with van der Waals surface area (Å²) in [5, 5.41) is 5.71. The van der Waals surface area contributed by atoms with Crippen LogP contribution in [0.25, 0.3) is 0 Å². The third-order valence-corrected chi connectivity index (χ3v) is 3.16. The average Bonchev–Trinajstić information content (AvgIpc) is 2.45. The van der Waals surface area contributed by atoms with Crippen molar-refractivity contribution in [2.75, 3.05) is 19.0 Å². The number of methoxy groups -OCH3 is 1. The molecular weight excluding hydrogens is 320 g/mol. The lowest BCUT2D eigenvalue weighted by Crippen LogP contribution is -2.47. The molecule has 6 nitrogen and oxygen atoms in total. The number of nitrogens with one attached hydrogen (secondary N) is 2. The number of carbonyl (C=O) groups is 2. The molecule has 1 atom stereocenters. The lowest BCUT2D eigenvalue weighted by Gasteiger charge is -2.24. The molecule has 0 heterocycles. The van der Waals surface area contributed by atoms with Crippen LogP contribution in [-0.4, -0.2) is 37.4 Å². The molecule has 0 fully saturated rings. The topological polar surface area (TPSA) is 76.7 Å². The van der Waals surface area contributed by atoms with Crippen molar-refractivity contribution < 1.29 is 19.1 Å². The number of esters is 1. The van der Waals surface area contributed by atoms with Gasteiger partial charge in [-0.3, -0.25) is 0 Å². The Morgan fingerprint density at radius 3 is 2.52 bits per heavy atom. The molecule has 0 bridgehead atoms. The Morgan fingerprint density at radius 2 is 1.96 bits per heavy atom. The van der Waals surface area contributed by atoms with Gasteiger partial charge < -0.3 is 20.1 Å². The van der Waals surface area contributed by atoms with Crippen molar-refractivity contribution >= 4 is 29.3 Å². The Labute approximate surface area is 141 Å². The summed E-state index contributed by atoms with van der Waals surface area (Å²) in [5.41, 5.74) is 0.981. The molecule has 1 unspecified atom stereocenters. The number of hydrogen-bond acceptors (Lipinski definition) is 4. The first kappa shape index (κ1) is 19.3. The standard InChI is InChI=1S/C16H23ClN2O4/c1-10-6-7-11(17)8-12(10)18-15(21)19-13(14(20)22-5)9-23-16(2,3)4/h6-8,13H,9H2,1-5H3,(H2,18,19,21). The lowest BCUT2D eigenvalue weighted by molar-refractivity contribution is -0.145. The highest BCUT2D eigenvalue weighted by Gasteiger charge is 2.24. The van der Waals surface area contributed by atoms with Gasteiger partial charge in [0.05, 0.1) is 19.3 Å². The number of halogens is 1. The van der Waals surface area contributed by atoms with E-state index in [9.17, 15) is 9.59 Å². The fourth-order valence-corrected chi connectivity index (χ4v) is 1.86. The van der Waals surface area contributed by atoms with E-state index in [0.717, 1.165) is 5.56 Å². The number of hydrogen-bond donors (Lipinski definition) is 2. The van der Waals surface area contributed by atoms with Gasteiger partial charge in [-0.25, -0.2) is 9.59 Å². The third-order valence-electron chi connectivity index (χ3n) is 2.92. The number of urea groups is 1. The molecule has 0 aliphatic rings. The summed E-state index contributed by atoms with van der Waals surface area (Å²) in [6, 6.07) is 3.71. The normalized spacial score (nSPS) is 12.4. The maximum atomic E-state index is 12.1. The van der Waals surface area contributed by atoms with Crippen LogP contribution in [0.15, 0.2) is 18.2 Å². The highest BCUT2D eigenvalue weighted by Crippen LogP contribution is 2.20. The molecule has 128 valence electrons. The Balaban J connectivity index is 2.72. The molecule has 1 aromatic rings. The van der Waals surface area contributed by atoms with E-state index in [1.165, 1.54) is 7.11 Å². The summed E-state index contributed by atoms with van der Waals surface area (Å²) >= 11 is 5.91. The van der Waals surface area contributed by atoms with Gasteiger partial charge in [-0.2, -0.15) is 0 Å². The number of aryl methyl sites for hydroxylation is 1. The Morgan fingerprint density at radius 1 is 1.30 bits per heavy atom. The monoisotopic (exact) mass is 342 g/mol. The first-order chi connectivity index (χ1) is 10.6. The first-order valence-electron chi connectivity index (χ1n) is 7.18. The van der Waals surface area contributed by atoms with Gasteiger partial charge in [0.25, 0.3) is 0 Å². The second-order valence-electron chi connectivity index (χ2n) is 6.06. The predicted molar refractivity (Wildman–Crippen MR) is 89.9 cm³/mol. The van der Waals surface area contributed by atoms with Crippen LogP contribution in [0, 0.1) is 6.92 Å². The maximum absolute atomic E-state index is 12.1. The van der Waals surface area contributed by atoms with Crippen molar-refractivity contribution in [2.24, 2.45) is 0 Å². The molecule has 23 heavy (non-hydrogen) atoms. The molecular formula is C16H23ClN2O4. The quantitative estimate of drug-likeness (QED) is 0.806. The molecule has 0 spiro atoms. The minimum Gasteiger partial charge on any atom is -0.467 e. The van der Waals surface area contributed by atoms with Gasteiger partial charge in [0, 0.05) is 10.7 Å². The molecule has 0 saturated carbocycles. The first-order valence-corrected chi connectivity index (χ1v) is 7.55. The van der Waals surface area contributed by atoms with E-state index in [4.69, 9.17) is 16.3 Å². The van der Waals surface area contributed by atoms with Crippen molar-refractivity contribution in [3.05, 3.63) is 28.8 Å². The van der Waals surface area contributed by atoms with Crippen LogP contribution in [0.4, 0.5) is 10.5 Å². The molecule has 2 amide bonds. The molecule has 0 saturated heterocycles. The molecule has 0 aliphatic heterocycles. The summed E-state index contributed by atoms with van der Waals surface area (Å²) < 4.78 is 10.2. The van der Waals surface area contributed by atoms with E-state index >= 15 is 0 Å². The van der Waals surface area contributed by atoms with E-state index in [1.54, 1.807) is 18.2 Å². The molecule has 7 heteroatoms. The number of carbonyl (C=O) groups excluding carboxylic acids is 2. The minimum absolute atomic E-state index is 0.0120. The number of anilines is 1. The summed E-state index contributed by atoms with van der Waals surface area (Å²) in [4.78, 5) is 23.9. The Kier molecular flexibility index (Phi) is 6.84. The van der Waals surface area contributed by atoms with Crippen LogP contribution >= 0.6 is 11.6 Å². The van der Waals surface area contributed by atoms with Gasteiger partial charge in [0.1, 0.15) is 0 Å². The fourth-order valence-electron chi connectivity index (χ4n) is 1.69. The van der Waals surface area contributed by atoms with Gasteiger partial charge in [-0.05, 0) is 45.4 Å². The molecule has 1 rings (SSSR count). The highest BCUT2D eigenvalue weighted by atomic mass is 35.5. The lowest BCUT2D eigenvalue weighted by atomic mass is 10.2. The van der Waals surface area contributed by atoms with Crippen molar-refractivity contribution in [3.63, 3.8) is 0 Å². The molecule has 1 aromatic carbocycles. The molecule has 0 aromatic heterocycles. The van der Waals surface area contributed by atoms with Crippen LogP contribution < -0.4 is 10.6 Å². The summed E-state index contributed by atoms with van der Waals surface area (Å²) in [5.74, 6) is -0.577. The zero-order chi connectivity index (χ0) is 17.6. The van der Waals surface area contributed by atoms with Crippen LogP contribution in [0.5, 0.6) is 0 Å². The van der Waals surface area contributed by atoms with E-state index < -0.39 is 23.6 Å². The molecule has 0 radical (unpaired) electrons. The Bertz CT molecular complexity index is 570. The summed E-state index contributed by atoms with van der Waals surface area (Å²) in [6.45, 7) is 7.43. The van der Waals surface area contributed by atoms with Gasteiger partial charge in [0.15, 0.2) is 6.04 Å². The second kappa shape index (κ2) is 8.17. The number of amides is 2. The van der Waals surface area contributed by atoms with Gasteiger partial charge >= 0.3 is 12.0 Å². The van der Waals surface area contributed by atoms with Crippen molar-refractivity contribution in [3.8, 4) is 0 Å². The van der Waals surface area contributed by atoms with Gasteiger partial charge in [-0.15, -0.1) is 0 Å². The van der Waals surface area contributed by atoms with Crippen LogP contribution in [0.3, 0.4) is 0 Å². The smallest absolute Gasteiger partial charge is 0.330 e. The second-order valence-corrected chi connectivity index (χ2v) is 6.49. The maximum Gasteiger partial charge on any atom is 0.330 e. The van der Waals surface area contributed by atoms with Crippen LogP contribution in [-0.2, 0) is 14.3 Å². The zero-order valence-electron chi connectivity index (χ0n) is 14.0. The minimum atomic E-state index is -0.904. The van der Waals surface area contributed by atoms with Crippen LogP contribution in [0.1, 0.15) is 26.3 Å². The molecule has 0 aliphatic carbocycles. The number of ether oxygens (including phenoxy) is 2. The number of rotatable bonds is 5. The predicted octanol–water partition coefficient (Wildman–Crippen LogP) is 3.13. The third kappa shape index (κ3) is 6.88. The fraction of sp³-hybridized carbons (Fsp3) is 0.500. The molecule has 2 N–H and O–H groups in total. The van der Waals surface area contributed by atoms with E-state index in [2.05, 4.69) is 15.4 Å². The Hall–Kier alpha value is -1.79. The van der Waals surface area contributed by atoms with Crippen molar-refractivity contribution in [1.82, 2.24) is 5.32 Å². The number of benzene rings is 1. The average molecular weight is 343 g/mol. The summed E-state index contributed by atoms with van der Waals surface area (Å²) in [6.07, 6.45) is 0. The van der Waals surface area contributed by atoms with Crippen molar-refractivity contribution in [1.29, 1.82) is 0 Å². The van der Waals surface area contributed by atoms with E-state index in [1.807, 2.05) is 27.7 Å². The largest absolute Gasteiger partial charge is 0.467 e. The summed E-state index contributed by atoms with van der Waals surface area (Å²) in [7, 11) is 1.26. The van der Waals surface area contributed by atoms with Gasteiger partial charge in [0.2, 0.25) is 0 Å². The zero-order valence-corrected chi connectivity index (χ0v) is 14.8. The van der Waals surface area contributed by atoms with E-state index in [-0.39, 0.29) is 6.61 Å². The van der Waals surface area contributed by atoms with E-state index in [0.29, 0.717) is 10.7 Å². The SMILES string of the molecule is COC(=O)C(COC(C)(C)C)NC(=O)Nc1cc(Cl)ccc1C. The van der Waals surface area contributed by atoms with Crippen LogP contribution in [0.2, 0.25) is 5.02 Å². The highest BCUT2D eigenvalue weighted by molar-refractivity contribution is 6.31.